The molecule has 1 atom stereocenters. The molecule has 2 rings (SSSR count). The second-order valence-electron chi connectivity index (χ2n) is 5.17. The van der Waals surface area contributed by atoms with Gasteiger partial charge in [-0.25, -0.2) is 17.5 Å². The number of hydrogen-bond donors (Lipinski definition) is 1. The topological polar surface area (TPSA) is 55.4 Å². The van der Waals surface area contributed by atoms with E-state index in [0.29, 0.717) is 4.47 Å². The second-order valence-corrected chi connectivity index (χ2v) is 7.76. The van der Waals surface area contributed by atoms with Crippen molar-refractivity contribution < 1.29 is 17.5 Å². The first-order valence-electron chi connectivity index (χ1n) is 6.84. The van der Waals surface area contributed by atoms with Crippen molar-refractivity contribution in [2.45, 2.75) is 17.4 Å². The van der Waals surface area contributed by atoms with Crippen molar-refractivity contribution in [2.24, 2.45) is 0 Å². The van der Waals surface area contributed by atoms with Crippen molar-refractivity contribution in [2.75, 3.05) is 13.7 Å². The quantitative estimate of drug-likeness (QED) is 0.806. The summed E-state index contributed by atoms with van der Waals surface area (Å²) in [6.45, 7) is 1.53. The Morgan fingerprint density at radius 2 is 1.78 bits per heavy atom. The Hall–Kier alpha value is -1.28. The molecule has 1 N–H and O–H groups in total. The third-order valence-electron chi connectivity index (χ3n) is 3.62. The van der Waals surface area contributed by atoms with Gasteiger partial charge in [-0.05, 0) is 41.1 Å². The maximum absolute atomic E-state index is 14.0. The molecule has 4 nitrogen and oxygen atoms in total. The Morgan fingerprint density at radius 3 is 2.39 bits per heavy atom. The fourth-order valence-corrected chi connectivity index (χ4v) is 4.27. The molecule has 0 amide bonds. The van der Waals surface area contributed by atoms with Gasteiger partial charge in [0, 0.05) is 23.7 Å². The van der Waals surface area contributed by atoms with Gasteiger partial charge in [0.1, 0.15) is 11.4 Å². The highest BCUT2D eigenvalue weighted by atomic mass is 79.9. The number of ether oxygens (including phenoxy) is 1. The molecule has 0 heterocycles. The summed E-state index contributed by atoms with van der Waals surface area (Å²) in [6, 6.07) is 12.6. The molecule has 0 unspecified atom stereocenters. The van der Waals surface area contributed by atoms with Crippen LogP contribution in [0.25, 0.3) is 0 Å². The van der Waals surface area contributed by atoms with Gasteiger partial charge in [-0.15, -0.1) is 0 Å². The maximum atomic E-state index is 14.0. The van der Waals surface area contributed by atoms with Gasteiger partial charge < -0.3 is 4.74 Å². The average molecular weight is 402 g/mol. The normalized spacial score (nSPS) is 14.4. The summed E-state index contributed by atoms with van der Waals surface area (Å²) >= 11 is 3.22. The Balaban J connectivity index is 2.27. The van der Waals surface area contributed by atoms with Crippen molar-refractivity contribution in [3.05, 3.63) is 64.4 Å². The lowest BCUT2D eigenvalue weighted by atomic mass is 9.95. The lowest BCUT2D eigenvalue weighted by molar-refractivity contribution is 0.00410. The molecule has 0 saturated carbocycles. The first-order valence-corrected chi connectivity index (χ1v) is 9.12. The zero-order valence-corrected chi connectivity index (χ0v) is 15.1. The van der Waals surface area contributed by atoms with Gasteiger partial charge in [-0.3, -0.25) is 0 Å². The minimum absolute atomic E-state index is 0.103. The molecule has 0 fully saturated rings. The Labute approximate surface area is 143 Å². The number of nitrogens with one attached hydrogen (secondary N) is 1. The SMILES string of the molecule is CO[C@](C)(CNS(=O)(=O)c1ccccc1Br)c1ccccc1F. The van der Waals surface area contributed by atoms with Crippen molar-refractivity contribution in [3.8, 4) is 0 Å². The summed E-state index contributed by atoms with van der Waals surface area (Å²) < 4.78 is 47.2. The molecular weight excluding hydrogens is 385 g/mol. The van der Waals surface area contributed by atoms with Gasteiger partial charge in [0.25, 0.3) is 0 Å². The van der Waals surface area contributed by atoms with Crippen molar-refractivity contribution >= 4 is 26.0 Å². The van der Waals surface area contributed by atoms with E-state index in [1.165, 1.54) is 19.2 Å². The van der Waals surface area contributed by atoms with Crippen LogP contribution in [0.1, 0.15) is 12.5 Å². The van der Waals surface area contributed by atoms with Crippen LogP contribution >= 0.6 is 15.9 Å². The van der Waals surface area contributed by atoms with E-state index in [1.807, 2.05) is 0 Å². The smallest absolute Gasteiger partial charge is 0.241 e. The van der Waals surface area contributed by atoms with Gasteiger partial charge in [0.05, 0.1) is 4.90 Å². The summed E-state index contributed by atoms with van der Waals surface area (Å²) in [4.78, 5) is 0.118. The number of hydrogen-bond acceptors (Lipinski definition) is 3. The molecule has 0 aliphatic carbocycles. The van der Waals surface area contributed by atoms with E-state index in [-0.39, 0.29) is 17.0 Å². The standard InChI is InChI=1S/C16H17BrFNO3S/c1-16(22-2,12-7-3-5-9-14(12)18)11-19-23(20,21)15-10-6-4-8-13(15)17/h3-10,19H,11H2,1-2H3/t16-/m1/s1. The highest BCUT2D eigenvalue weighted by molar-refractivity contribution is 9.10. The van der Waals surface area contributed by atoms with Crippen LogP contribution in [0.3, 0.4) is 0 Å². The largest absolute Gasteiger partial charge is 0.372 e. The van der Waals surface area contributed by atoms with Crippen LogP contribution in [0.15, 0.2) is 57.9 Å². The summed E-state index contributed by atoms with van der Waals surface area (Å²) in [7, 11) is -2.34. The van der Waals surface area contributed by atoms with Gasteiger partial charge in [-0.1, -0.05) is 30.3 Å². The van der Waals surface area contributed by atoms with Gasteiger partial charge >= 0.3 is 0 Å². The van der Waals surface area contributed by atoms with E-state index in [1.54, 1.807) is 43.3 Å². The molecule has 2 aromatic carbocycles. The van der Waals surface area contributed by atoms with E-state index < -0.39 is 21.4 Å². The minimum atomic E-state index is -3.75. The van der Waals surface area contributed by atoms with Crippen LogP contribution in [0.4, 0.5) is 4.39 Å². The van der Waals surface area contributed by atoms with Gasteiger partial charge in [-0.2, -0.15) is 0 Å². The fraction of sp³-hybridized carbons (Fsp3) is 0.250. The predicted molar refractivity (Wildman–Crippen MR) is 90.1 cm³/mol. The molecule has 124 valence electrons. The van der Waals surface area contributed by atoms with Crippen molar-refractivity contribution in [3.63, 3.8) is 0 Å². The summed E-state index contributed by atoms with van der Waals surface area (Å²) in [5, 5.41) is 0. The number of rotatable bonds is 6. The van der Waals surface area contributed by atoms with E-state index in [0.717, 1.165) is 0 Å². The highest BCUT2D eigenvalue weighted by Gasteiger charge is 2.31. The molecule has 7 heteroatoms. The third kappa shape index (κ3) is 3.98. The number of methoxy groups -OCH3 is 1. The maximum Gasteiger partial charge on any atom is 0.241 e. The van der Waals surface area contributed by atoms with E-state index >= 15 is 0 Å². The summed E-state index contributed by atoms with van der Waals surface area (Å²) in [6.07, 6.45) is 0. The van der Waals surface area contributed by atoms with E-state index in [9.17, 15) is 12.8 Å². The zero-order chi connectivity index (χ0) is 17.1. The molecule has 0 aliphatic heterocycles. The lowest BCUT2D eigenvalue weighted by Crippen LogP contribution is -2.40. The number of benzene rings is 2. The molecule has 0 spiro atoms. The monoisotopic (exact) mass is 401 g/mol. The fourth-order valence-electron chi connectivity index (χ4n) is 2.14. The second kappa shape index (κ2) is 7.09. The van der Waals surface area contributed by atoms with Gasteiger partial charge in [0.15, 0.2) is 0 Å². The van der Waals surface area contributed by atoms with Gasteiger partial charge in [0.2, 0.25) is 10.0 Å². The third-order valence-corrected chi connectivity index (χ3v) is 6.03. The lowest BCUT2D eigenvalue weighted by Gasteiger charge is -2.29. The van der Waals surface area contributed by atoms with E-state index in [4.69, 9.17) is 4.74 Å². The van der Waals surface area contributed by atoms with Crippen LogP contribution in [-0.2, 0) is 20.4 Å². The first kappa shape index (κ1) is 18.1. The molecule has 2 aromatic rings. The van der Waals surface area contributed by atoms with Crippen LogP contribution in [-0.4, -0.2) is 22.1 Å². The number of sulfonamides is 1. The van der Waals surface area contributed by atoms with Crippen molar-refractivity contribution in [1.82, 2.24) is 4.72 Å². The van der Waals surface area contributed by atoms with Crippen LogP contribution in [0.2, 0.25) is 0 Å². The average Bonchev–Trinajstić information content (AvgIpc) is 2.53. The Bertz CT molecular complexity index is 797. The molecule has 0 radical (unpaired) electrons. The first-order chi connectivity index (χ1) is 10.8. The highest BCUT2D eigenvalue weighted by Crippen LogP contribution is 2.27. The Kier molecular flexibility index (Phi) is 5.57. The minimum Gasteiger partial charge on any atom is -0.372 e. The molecule has 23 heavy (non-hydrogen) atoms. The summed E-state index contributed by atoms with van der Waals surface area (Å²) in [5.74, 6) is -0.447. The number of halogens is 2. The van der Waals surface area contributed by atoms with Crippen LogP contribution in [0, 0.1) is 5.82 Å². The molecule has 0 aliphatic rings. The van der Waals surface area contributed by atoms with E-state index in [2.05, 4.69) is 20.7 Å². The van der Waals surface area contributed by atoms with Crippen LogP contribution in [0.5, 0.6) is 0 Å². The summed E-state index contributed by atoms with van der Waals surface area (Å²) in [5.41, 5.74) is -0.836. The molecule has 0 saturated heterocycles. The zero-order valence-electron chi connectivity index (χ0n) is 12.7. The van der Waals surface area contributed by atoms with Crippen LogP contribution < -0.4 is 4.72 Å². The predicted octanol–water partition coefficient (Wildman–Crippen LogP) is 3.43. The molecular formula is C16H17BrFNO3S. The molecule has 0 bridgehead atoms. The van der Waals surface area contributed by atoms with Crippen molar-refractivity contribution in [1.29, 1.82) is 0 Å². The Morgan fingerprint density at radius 1 is 1.17 bits per heavy atom. The molecule has 0 aromatic heterocycles.